The number of nitrogens with zero attached hydrogens (tertiary/aromatic N) is 2. The Morgan fingerprint density at radius 1 is 1.43 bits per heavy atom. The number of anilines is 1. The molecule has 1 saturated carbocycles. The Kier molecular flexibility index (Phi) is 2.63. The zero-order chi connectivity index (χ0) is 9.86. The summed E-state index contributed by atoms with van der Waals surface area (Å²) >= 11 is 0. The predicted octanol–water partition coefficient (Wildman–Crippen LogP) is 1.05. The summed E-state index contributed by atoms with van der Waals surface area (Å²) in [7, 11) is 0. The number of aliphatic hydroxyl groups is 1. The van der Waals surface area contributed by atoms with E-state index in [-0.39, 0.29) is 12.0 Å². The van der Waals surface area contributed by atoms with Crippen LogP contribution in [0.15, 0.2) is 18.6 Å². The fourth-order valence-electron chi connectivity index (χ4n) is 1.74. The summed E-state index contributed by atoms with van der Waals surface area (Å²) in [6, 6.07) is 0. The molecular formula is C10H15N3O. The molecule has 1 aliphatic carbocycles. The van der Waals surface area contributed by atoms with Gasteiger partial charge in [0, 0.05) is 24.4 Å². The number of aromatic nitrogens is 2. The largest absolute Gasteiger partial charge is 0.396 e. The summed E-state index contributed by atoms with van der Waals surface area (Å²) in [5.74, 6) is 0.784. The van der Waals surface area contributed by atoms with Crippen LogP contribution in [0.25, 0.3) is 0 Å². The van der Waals surface area contributed by atoms with Crippen molar-refractivity contribution in [3.05, 3.63) is 18.6 Å². The Labute approximate surface area is 83.4 Å². The molecule has 2 rings (SSSR count). The number of aliphatic hydroxyl groups excluding tert-OH is 1. The second kappa shape index (κ2) is 3.92. The molecule has 1 aromatic heterocycles. The maximum Gasteiger partial charge on any atom is 0.144 e. The van der Waals surface area contributed by atoms with Crippen molar-refractivity contribution in [1.82, 2.24) is 9.97 Å². The van der Waals surface area contributed by atoms with Crippen LogP contribution in [0.5, 0.6) is 0 Å². The van der Waals surface area contributed by atoms with Crippen molar-refractivity contribution in [1.29, 1.82) is 0 Å². The van der Waals surface area contributed by atoms with E-state index < -0.39 is 0 Å². The molecule has 14 heavy (non-hydrogen) atoms. The van der Waals surface area contributed by atoms with Crippen LogP contribution in [0.3, 0.4) is 0 Å². The molecule has 1 fully saturated rings. The summed E-state index contributed by atoms with van der Waals surface area (Å²) in [5, 5.41) is 12.4. The maximum absolute atomic E-state index is 9.24. The highest BCUT2D eigenvalue weighted by molar-refractivity contribution is 5.30. The molecule has 1 aliphatic rings. The summed E-state index contributed by atoms with van der Waals surface area (Å²) in [4.78, 5) is 8.09. The Balaban J connectivity index is 1.88. The molecule has 76 valence electrons. The van der Waals surface area contributed by atoms with E-state index in [0.717, 1.165) is 25.2 Å². The van der Waals surface area contributed by atoms with Gasteiger partial charge in [-0.05, 0) is 12.8 Å². The van der Waals surface area contributed by atoms with Gasteiger partial charge in [0.25, 0.3) is 0 Å². The molecule has 0 aromatic carbocycles. The number of hydrogen-bond acceptors (Lipinski definition) is 4. The second-order valence-electron chi connectivity index (χ2n) is 3.96. The minimum atomic E-state index is 0.0948. The monoisotopic (exact) mass is 193 g/mol. The molecule has 1 aromatic rings. The topological polar surface area (TPSA) is 58.0 Å². The third kappa shape index (κ3) is 1.85. The van der Waals surface area contributed by atoms with Crippen LogP contribution in [0.4, 0.5) is 5.82 Å². The van der Waals surface area contributed by atoms with E-state index in [0.29, 0.717) is 0 Å². The highest BCUT2D eigenvalue weighted by atomic mass is 16.3. The van der Waals surface area contributed by atoms with Gasteiger partial charge in [-0.2, -0.15) is 0 Å². The van der Waals surface area contributed by atoms with Gasteiger partial charge in [0.05, 0.1) is 12.8 Å². The molecule has 1 heterocycles. The molecule has 0 bridgehead atoms. The van der Waals surface area contributed by atoms with Crippen LogP contribution in [0.2, 0.25) is 0 Å². The number of rotatable bonds is 4. The van der Waals surface area contributed by atoms with Crippen molar-refractivity contribution >= 4 is 5.82 Å². The Morgan fingerprint density at radius 3 is 2.79 bits per heavy atom. The van der Waals surface area contributed by atoms with Gasteiger partial charge in [0.2, 0.25) is 0 Å². The first-order valence-electron chi connectivity index (χ1n) is 4.95. The summed E-state index contributed by atoms with van der Waals surface area (Å²) in [6.45, 7) is 1.06. The van der Waals surface area contributed by atoms with Crippen LogP contribution in [-0.2, 0) is 0 Å². The Hall–Kier alpha value is -1.16. The van der Waals surface area contributed by atoms with E-state index in [9.17, 15) is 5.11 Å². The lowest BCUT2D eigenvalue weighted by Gasteiger charge is -2.40. The smallest absolute Gasteiger partial charge is 0.144 e. The van der Waals surface area contributed by atoms with Gasteiger partial charge in [-0.25, -0.2) is 4.98 Å². The van der Waals surface area contributed by atoms with E-state index in [1.807, 2.05) is 0 Å². The van der Waals surface area contributed by atoms with Gasteiger partial charge in [-0.1, -0.05) is 6.42 Å². The van der Waals surface area contributed by atoms with Crippen LogP contribution in [0.1, 0.15) is 19.3 Å². The zero-order valence-corrected chi connectivity index (χ0v) is 8.11. The average Bonchev–Trinajstić information content (AvgIpc) is 2.19. The summed E-state index contributed by atoms with van der Waals surface area (Å²) in [5.41, 5.74) is 0.0948. The van der Waals surface area contributed by atoms with Gasteiger partial charge in [-0.15, -0.1) is 0 Å². The Morgan fingerprint density at radius 2 is 2.29 bits per heavy atom. The molecule has 2 N–H and O–H groups in total. The average molecular weight is 193 g/mol. The van der Waals surface area contributed by atoms with Gasteiger partial charge in [0.15, 0.2) is 0 Å². The molecule has 0 aliphatic heterocycles. The highest BCUT2D eigenvalue weighted by Gasteiger charge is 2.35. The first kappa shape index (κ1) is 9.40. The van der Waals surface area contributed by atoms with Crippen LogP contribution >= 0.6 is 0 Å². The molecule has 0 atom stereocenters. The van der Waals surface area contributed by atoms with Gasteiger partial charge < -0.3 is 10.4 Å². The SMILES string of the molecule is OCC1(CNc2cnccn2)CCC1. The van der Waals surface area contributed by atoms with E-state index >= 15 is 0 Å². The summed E-state index contributed by atoms with van der Waals surface area (Å²) < 4.78 is 0. The molecule has 4 heteroatoms. The van der Waals surface area contributed by atoms with Crippen molar-refractivity contribution in [2.24, 2.45) is 5.41 Å². The van der Waals surface area contributed by atoms with Gasteiger partial charge >= 0.3 is 0 Å². The zero-order valence-electron chi connectivity index (χ0n) is 8.11. The molecule has 0 saturated heterocycles. The molecule has 4 nitrogen and oxygen atoms in total. The molecular weight excluding hydrogens is 178 g/mol. The minimum absolute atomic E-state index is 0.0948. The van der Waals surface area contributed by atoms with Crippen molar-refractivity contribution in [2.75, 3.05) is 18.5 Å². The molecule has 0 unspecified atom stereocenters. The maximum atomic E-state index is 9.24. The molecule has 0 spiro atoms. The van der Waals surface area contributed by atoms with Gasteiger partial charge in [0.1, 0.15) is 5.82 Å². The van der Waals surface area contributed by atoms with Crippen molar-refractivity contribution in [3.63, 3.8) is 0 Å². The van der Waals surface area contributed by atoms with E-state index in [2.05, 4.69) is 15.3 Å². The second-order valence-corrected chi connectivity index (χ2v) is 3.96. The van der Waals surface area contributed by atoms with Crippen molar-refractivity contribution in [3.8, 4) is 0 Å². The predicted molar refractivity (Wildman–Crippen MR) is 53.9 cm³/mol. The van der Waals surface area contributed by atoms with Crippen molar-refractivity contribution in [2.45, 2.75) is 19.3 Å². The first-order chi connectivity index (χ1) is 6.85. The third-order valence-corrected chi connectivity index (χ3v) is 2.96. The lowest BCUT2D eigenvalue weighted by atomic mass is 9.69. The van der Waals surface area contributed by atoms with Crippen LogP contribution in [0, 0.1) is 5.41 Å². The normalized spacial score (nSPS) is 18.6. The quantitative estimate of drug-likeness (QED) is 0.750. The lowest BCUT2D eigenvalue weighted by Crippen LogP contribution is -2.39. The molecule has 0 radical (unpaired) electrons. The third-order valence-electron chi connectivity index (χ3n) is 2.96. The van der Waals surface area contributed by atoms with Gasteiger partial charge in [-0.3, -0.25) is 4.98 Å². The first-order valence-corrected chi connectivity index (χ1v) is 4.95. The number of nitrogens with one attached hydrogen (secondary N) is 1. The van der Waals surface area contributed by atoms with E-state index in [1.165, 1.54) is 6.42 Å². The highest BCUT2D eigenvalue weighted by Crippen LogP contribution is 2.40. The lowest BCUT2D eigenvalue weighted by molar-refractivity contribution is 0.0575. The van der Waals surface area contributed by atoms with E-state index in [4.69, 9.17) is 0 Å². The standard InChI is InChI=1S/C10H15N3O/c14-8-10(2-1-3-10)7-13-9-6-11-4-5-12-9/h4-6,14H,1-3,7-8H2,(H,12,13). The van der Waals surface area contributed by atoms with Crippen LogP contribution < -0.4 is 5.32 Å². The minimum Gasteiger partial charge on any atom is -0.396 e. The van der Waals surface area contributed by atoms with Crippen LogP contribution in [-0.4, -0.2) is 28.2 Å². The Bertz CT molecular complexity index is 279. The fourth-order valence-corrected chi connectivity index (χ4v) is 1.74. The van der Waals surface area contributed by atoms with Crippen molar-refractivity contribution < 1.29 is 5.11 Å². The fraction of sp³-hybridized carbons (Fsp3) is 0.600. The molecule has 0 amide bonds. The number of hydrogen-bond donors (Lipinski definition) is 2. The summed E-state index contributed by atoms with van der Waals surface area (Å²) in [6.07, 6.45) is 8.45. The van der Waals surface area contributed by atoms with E-state index in [1.54, 1.807) is 18.6 Å².